The van der Waals surface area contributed by atoms with Gasteiger partial charge in [0.25, 0.3) is 5.91 Å². The van der Waals surface area contributed by atoms with Gasteiger partial charge in [-0.3, -0.25) is 9.48 Å². The molecule has 0 aliphatic carbocycles. The van der Waals surface area contributed by atoms with E-state index in [1.165, 1.54) is 5.01 Å². The van der Waals surface area contributed by atoms with Crippen LogP contribution >= 0.6 is 11.3 Å². The zero-order valence-corrected chi connectivity index (χ0v) is 13.3. The maximum absolute atomic E-state index is 12.6. The van der Waals surface area contributed by atoms with Gasteiger partial charge in [0.15, 0.2) is 0 Å². The van der Waals surface area contributed by atoms with E-state index in [4.69, 9.17) is 0 Å². The van der Waals surface area contributed by atoms with Crippen molar-refractivity contribution in [2.45, 2.75) is 26.2 Å². The van der Waals surface area contributed by atoms with Gasteiger partial charge in [-0.2, -0.15) is 5.10 Å². The van der Waals surface area contributed by atoms with Crippen molar-refractivity contribution < 1.29 is 4.79 Å². The zero-order chi connectivity index (χ0) is 14.8. The highest BCUT2D eigenvalue weighted by Gasteiger charge is 2.29. The van der Waals surface area contributed by atoms with Crippen molar-refractivity contribution in [3.63, 3.8) is 0 Å². The van der Waals surface area contributed by atoms with Gasteiger partial charge in [-0.05, 0) is 24.8 Å². The summed E-state index contributed by atoms with van der Waals surface area (Å²) in [6.45, 7) is 3.71. The van der Waals surface area contributed by atoms with E-state index in [0.29, 0.717) is 11.6 Å². The van der Waals surface area contributed by atoms with E-state index in [2.05, 4.69) is 17.0 Å². The summed E-state index contributed by atoms with van der Waals surface area (Å²) in [5.41, 5.74) is 1.67. The van der Waals surface area contributed by atoms with Crippen LogP contribution in [0.2, 0.25) is 0 Å². The minimum atomic E-state index is 0.103. The Kier molecular flexibility index (Phi) is 4.05. The molecule has 5 nitrogen and oxygen atoms in total. The van der Waals surface area contributed by atoms with Crippen molar-refractivity contribution in [3.05, 3.63) is 34.0 Å². The van der Waals surface area contributed by atoms with Crippen molar-refractivity contribution >= 4 is 17.2 Å². The molecule has 3 heterocycles. The maximum atomic E-state index is 12.6. The molecule has 0 spiro atoms. The first-order valence-electron chi connectivity index (χ1n) is 7.38. The largest absolute Gasteiger partial charge is 0.337 e. The van der Waals surface area contributed by atoms with Crippen molar-refractivity contribution in [1.29, 1.82) is 0 Å². The first-order chi connectivity index (χ1) is 10.2. The summed E-state index contributed by atoms with van der Waals surface area (Å²) >= 11 is 1.70. The highest BCUT2D eigenvalue weighted by molar-refractivity contribution is 7.09. The molecule has 0 radical (unpaired) electrons. The van der Waals surface area contributed by atoms with Crippen LogP contribution in [-0.4, -0.2) is 38.7 Å². The Bertz CT molecular complexity index is 620. The molecule has 1 atom stereocenters. The van der Waals surface area contributed by atoms with Crippen LogP contribution in [0, 0.1) is 5.92 Å². The molecule has 1 amide bonds. The molecular weight excluding hydrogens is 284 g/mol. The lowest BCUT2D eigenvalue weighted by Crippen LogP contribution is -2.30. The number of likely N-dealkylation sites (tertiary alicyclic amines) is 1. The standard InChI is InChI=1S/C15H20N4OS/c1-3-12-9-13(18(2)17-12)15(20)19-6-4-11(10-19)8-14-16-5-7-21-14/h5,7,9,11H,3-4,6,8,10H2,1-2H3. The lowest BCUT2D eigenvalue weighted by atomic mass is 10.1. The Labute approximate surface area is 128 Å². The fourth-order valence-electron chi connectivity index (χ4n) is 2.85. The molecule has 1 fully saturated rings. The van der Waals surface area contributed by atoms with E-state index >= 15 is 0 Å². The third-order valence-electron chi connectivity index (χ3n) is 4.03. The number of amides is 1. The Balaban J connectivity index is 1.65. The number of hydrogen-bond donors (Lipinski definition) is 0. The molecule has 2 aromatic heterocycles. The molecule has 0 saturated carbocycles. The lowest BCUT2D eigenvalue weighted by molar-refractivity contribution is 0.0776. The average molecular weight is 304 g/mol. The third kappa shape index (κ3) is 3.00. The number of aryl methyl sites for hydroxylation is 2. The van der Waals surface area contributed by atoms with Gasteiger partial charge in [0, 0.05) is 38.1 Å². The molecule has 0 aromatic carbocycles. The Morgan fingerprint density at radius 1 is 1.52 bits per heavy atom. The van der Waals surface area contributed by atoms with Gasteiger partial charge in [0.1, 0.15) is 5.69 Å². The summed E-state index contributed by atoms with van der Waals surface area (Å²) in [5, 5.41) is 7.54. The van der Waals surface area contributed by atoms with E-state index in [1.807, 2.05) is 29.6 Å². The van der Waals surface area contributed by atoms with E-state index in [0.717, 1.165) is 38.0 Å². The molecule has 1 unspecified atom stereocenters. The van der Waals surface area contributed by atoms with Crippen LogP contribution in [0.5, 0.6) is 0 Å². The Hall–Kier alpha value is -1.69. The number of carbonyl (C=O) groups excluding carboxylic acids is 1. The van der Waals surface area contributed by atoms with Gasteiger partial charge in [0.05, 0.1) is 10.7 Å². The number of nitrogens with zero attached hydrogens (tertiary/aromatic N) is 4. The highest BCUT2D eigenvalue weighted by atomic mass is 32.1. The summed E-state index contributed by atoms with van der Waals surface area (Å²) in [4.78, 5) is 18.9. The lowest BCUT2D eigenvalue weighted by Gasteiger charge is -2.16. The maximum Gasteiger partial charge on any atom is 0.272 e. The molecule has 21 heavy (non-hydrogen) atoms. The minimum Gasteiger partial charge on any atom is -0.337 e. The van der Waals surface area contributed by atoms with Crippen LogP contribution in [0.15, 0.2) is 17.6 Å². The van der Waals surface area contributed by atoms with E-state index in [1.54, 1.807) is 16.0 Å². The van der Waals surface area contributed by atoms with E-state index in [-0.39, 0.29) is 5.91 Å². The van der Waals surface area contributed by atoms with Gasteiger partial charge in [-0.25, -0.2) is 4.98 Å². The predicted molar refractivity (Wildman–Crippen MR) is 82.4 cm³/mol. The minimum absolute atomic E-state index is 0.103. The molecule has 3 rings (SSSR count). The fraction of sp³-hybridized carbons (Fsp3) is 0.533. The second kappa shape index (κ2) is 5.97. The van der Waals surface area contributed by atoms with Crippen LogP contribution in [0.25, 0.3) is 0 Å². The number of thiazole rings is 1. The van der Waals surface area contributed by atoms with Crippen LogP contribution in [0.1, 0.15) is 34.5 Å². The van der Waals surface area contributed by atoms with Crippen LogP contribution in [0.4, 0.5) is 0 Å². The second-order valence-electron chi connectivity index (χ2n) is 5.53. The highest BCUT2D eigenvalue weighted by Crippen LogP contribution is 2.23. The van der Waals surface area contributed by atoms with Crippen molar-refractivity contribution in [2.24, 2.45) is 13.0 Å². The molecule has 2 aromatic rings. The van der Waals surface area contributed by atoms with Gasteiger partial charge < -0.3 is 4.90 Å². The van der Waals surface area contributed by atoms with E-state index < -0.39 is 0 Å². The molecule has 0 N–H and O–H groups in total. The molecule has 1 aliphatic rings. The molecule has 1 aliphatic heterocycles. The fourth-order valence-corrected chi connectivity index (χ4v) is 3.58. The number of carbonyl (C=O) groups is 1. The summed E-state index contributed by atoms with van der Waals surface area (Å²) in [6, 6.07) is 1.91. The molecule has 0 bridgehead atoms. The molecule has 1 saturated heterocycles. The number of rotatable bonds is 4. The number of aromatic nitrogens is 3. The smallest absolute Gasteiger partial charge is 0.272 e. The SMILES string of the molecule is CCc1cc(C(=O)N2CCC(Cc3nccs3)C2)n(C)n1. The quantitative estimate of drug-likeness (QED) is 0.869. The normalized spacial score (nSPS) is 18.4. The summed E-state index contributed by atoms with van der Waals surface area (Å²) in [7, 11) is 1.84. The predicted octanol–water partition coefficient (Wildman–Crippen LogP) is 2.14. The average Bonchev–Trinajstić information content (AvgIpc) is 3.19. The topological polar surface area (TPSA) is 51.0 Å². The third-order valence-corrected chi connectivity index (χ3v) is 4.83. The van der Waals surface area contributed by atoms with Crippen LogP contribution in [-0.2, 0) is 19.9 Å². The van der Waals surface area contributed by atoms with Gasteiger partial charge in [-0.15, -0.1) is 11.3 Å². The van der Waals surface area contributed by atoms with Gasteiger partial charge in [0.2, 0.25) is 0 Å². The van der Waals surface area contributed by atoms with Crippen molar-refractivity contribution in [3.8, 4) is 0 Å². The van der Waals surface area contributed by atoms with Crippen molar-refractivity contribution in [2.75, 3.05) is 13.1 Å². The van der Waals surface area contributed by atoms with Crippen molar-refractivity contribution in [1.82, 2.24) is 19.7 Å². The first kappa shape index (κ1) is 14.3. The first-order valence-corrected chi connectivity index (χ1v) is 8.26. The molecule has 112 valence electrons. The Morgan fingerprint density at radius 3 is 3.05 bits per heavy atom. The van der Waals surface area contributed by atoms with E-state index in [9.17, 15) is 4.79 Å². The molecular formula is C15H20N4OS. The Morgan fingerprint density at radius 2 is 2.38 bits per heavy atom. The number of hydrogen-bond acceptors (Lipinski definition) is 4. The zero-order valence-electron chi connectivity index (χ0n) is 12.5. The van der Waals surface area contributed by atoms with Crippen LogP contribution in [0.3, 0.4) is 0 Å². The van der Waals surface area contributed by atoms with Crippen LogP contribution < -0.4 is 0 Å². The monoisotopic (exact) mass is 304 g/mol. The van der Waals surface area contributed by atoms with Gasteiger partial charge >= 0.3 is 0 Å². The summed E-state index contributed by atoms with van der Waals surface area (Å²) in [5.74, 6) is 0.630. The summed E-state index contributed by atoms with van der Waals surface area (Å²) < 4.78 is 1.70. The van der Waals surface area contributed by atoms with Gasteiger partial charge in [-0.1, -0.05) is 6.92 Å². The summed E-state index contributed by atoms with van der Waals surface area (Å²) in [6.07, 6.45) is 4.74. The molecule has 6 heteroatoms. The second-order valence-corrected chi connectivity index (χ2v) is 6.51.